The van der Waals surface area contributed by atoms with Gasteiger partial charge >= 0.3 is 0 Å². The van der Waals surface area contributed by atoms with Crippen molar-refractivity contribution in [1.82, 2.24) is 9.88 Å². The van der Waals surface area contributed by atoms with Gasteiger partial charge in [-0.05, 0) is 41.4 Å². The fraction of sp³-hybridized carbons (Fsp3) is 0.308. The van der Waals surface area contributed by atoms with Gasteiger partial charge in [-0.1, -0.05) is 0 Å². The van der Waals surface area contributed by atoms with Gasteiger partial charge in [0, 0.05) is 13.2 Å². The maximum absolute atomic E-state index is 11.9. The van der Waals surface area contributed by atoms with Gasteiger partial charge in [-0.15, -0.1) is 0 Å². The Morgan fingerprint density at radius 2 is 2.33 bits per heavy atom. The number of rotatable bonds is 4. The summed E-state index contributed by atoms with van der Waals surface area (Å²) in [6.07, 6.45) is 1.81. The molecule has 0 radical (unpaired) electrons. The Labute approximate surface area is 110 Å². The summed E-state index contributed by atoms with van der Waals surface area (Å²) in [5.74, 6) is -0.182. The van der Waals surface area contributed by atoms with E-state index in [2.05, 4.69) is 5.32 Å². The number of aryl methyl sites for hydroxylation is 1. The quantitative estimate of drug-likeness (QED) is 0.883. The van der Waals surface area contributed by atoms with Crippen LogP contribution in [-0.4, -0.2) is 22.1 Å². The van der Waals surface area contributed by atoms with Gasteiger partial charge in [0.05, 0.1) is 6.54 Å². The predicted octanol–water partition coefficient (Wildman–Crippen LogP) is 1.72. The molecule has 0 aliphatic carbocycles. The smallest absolute Gasteiger partial charge is 0.268 e. The van der Waals surface area contributed by atoms with Gasteiger partial charge in [-0.25, -0.2) is 0 Å². The number of carbonyl (C=O) groups is 1. The van der Waals surface area contributed by atoms with Crippen molar-refractivity contribution in [3.05, 3.63) is 46.4 Å². The third kappa shape index (κ3) is 2.63. The third-order valence-corrected chi connectivity index (χ3v) is 3.60. The van der Waals surface area contributed by atoms with Gasteiger partial charge < -0.3 is 15.0 Å². The fourth-order valence-electron chi connectivity index (χ4n) is 1.71. The van der Waals surface area contributed by atoms with Crippen molar-refractivity contribution in [1.29, 1.82) is 0 Å². The highest BCUT2D eigenvalue weighted by Gasteiger charge is 2.24. The Balaban J connectivity index is 2.00. The molecule has 0 aromatic carbocycles. The van der Waals surface area contributed by atoms with Crippen LogP contribution in [0.2, 0.25) is 0 Å². The Kier molecular flexibility index (Phi) is 3.54. The van der Waals surface area contributed by atoms with Crippen LogP contribution in [0.25, 0.3) is 0 Å². The lowest BCUT2D eigenvalue weighted by Crippen LogP contribution is -2.38. The van der Waals surface area contributed by atoms with Crippen LogP contribution in [0, 0.1) is 0 Å². The van der Waals surface area contributed by atoms with E-state index in [1.807, 2.05) is 36.1 Å². The van der Waals surface area contributed by atoms with Gasteiger partial charge in [0.1, 0.15) is 11.3 Å². The molecule has 4 nitrogen and oxygen atoms in total. The van der Waals surface area contributed by atoms with Crippen LogP contribution in [0.15, 0.2) is 35.2 Å². The minimum atomic E-state index is -1.04. The summed E-state index contributed by atoms with van der Waals surface area (Å²) in [6, 6.07) is 5.42. The first-order valence-electron chi connectivity index (χ1n) is 5.65. The largest absolute Gasteiger partial charge is 0.384 e. The highest BCUT2D eigenvalue weighted by atomic mass is 32.1. The molecule has 5 heteroatoms. The first-order valence-corrected chi connectivity index (χ1v) is 6.59. The summed E-state index contributed by atoms with van der Waals surface area (Å²) in [5.41, 5.74) is 0.358. The predicted molar refractivity (Wildman–Crippen MR) is 71.6 cm³/mol. The zero-order chi connectivity index (χ0) is 13.2. The maximum Gasteiger partial charge on any atom is 0.268 e. The number of thiophene rings is 1. The highest BCUT2D eigenvalue weighted by molar-refractivity contribution is 7.08. The molecule has 1 amide bonds. The number of hydrogen-bond acceptors (Lipinski definition) is 3. The third-order valence-electron chi connectivity index (χ3n) is 2.91. The van der Waals surface area contributed by atoms with E-state index in [1.165, 1.54) is 11.3 Å². The summed E-state index contributed by atoms with van der Waals surface area (Å²) in [5, 5.41) is 16.8. The molecule has 2 aromatic heterocycles. The molecule has 1 unspecified atom stereocenters. The summed E-state index contributed by atoms with van der Waals surface area (Å²) < 4.78 is 1.74. The second kappa shape index (κ2) is 4.96. The molecule has 2 aromatic rings. The number of nitrogens with zero attached hydrogens (tertiary/aromatic N) is 1. The van der Waals surface area contributed by atoms with Crippen molar-refractivity contribution >= 4 is 17.2 Å². The lowest BCUT2D eigenvalue weighted by molar-refractivity contribution is 0.0527. The minimum absolute atomic E-state index is 0.182. The van der Waals surface area contributed by atoms with Crippen LogP contribution < -0.4 is 5.32 Å². The minimum Gasteiger partial charge on any atom is -0.384 e. The molecular formula is C13H16N2O2S. The molecule has 0 aliphatic heterocycles. The Morgan fingerprint density at radius 3 is 2.89 bits per heavy atom. The molecule has 2 heterocycles. The van der Waals surface area contributed by atoms with E-state index in [9.17, 15) is 9.90 Å². The highest BCUT2D eigenvalue weighted by Crippen LogP contribution is 2.22. The van der Waals surface area contributed by atoms with Crippen LogP contribution in [0.5, 0.6) is 0 Å². The molecule has 2 rings (SSSR count). The van der Waals surface area contributed by atoms with E-state index in [0.717, 1.165) is 5.56 Å². The second-order valence-electron chi connectivity index (χ2n) is 4.47. The first-order chi connectivity index (χ1) is 8.50. The first kappa shape index (κ1) is 12.9. The van der Waals surface area contributed by atoms with Crippen LogP contribution in [0.3, 0.4) is 0 Å². The molecule has 0 fully saturated rings. The zero-order valence-corrected chi connectivity index (χ0v) is 11.2. The molecule has 0 aliphatic rings. The second-order valence-corrected chi connectivity index (χ2v) is 5.25. The van der Waals surface area contributed by atoms with E-state index >= 15 is 0 Å². The SMILES string of the molecule is Cn1cccc1C(=O)NCC(C)(O)c1ccsc1. The molecule has 2 N–H and O–H groups in total. The van der Waals surface area contributed by atoms with Crippen molar-refractivity contribution in [2.45, 2.75) is 12.5 Å². The molecule has 1 atom stereocenters. The number of aromatic nitrogens is 1. The van der Waals surface area contributed by atoms with E-state index in [1.54, 1.807) is 17.6 Å². The number of hydrogen-bond donors (Lipinski definition) is 2. The number of nitrogens with one attached hydrogen (secondary N) is 1. The van der Waals surface area contributed by atoms with E-state index < -0.39 is 5.60 Å². The van der Waals surface area contributed by atoms with Crippen molar-refractivity contribution < 1.29 is 9.90 Å². The van der Waals surface area contributed by atoms with E-state index in [-0.39, 0.29) is 12.5 Å². The number of aliphatic hydroxyl groups is 1. The maximum atomic E-state index is 11.9. The topological polar surface area (TPSA) is 54.3 Å². The summed E-state index contributed by atoms with van der Waals surface area (Å²) in [6.45, 7) is 1.88. The van der Waals surface area contributed by atoms with Crippen LogP contribution >= 0.6 is 11.3 Å². The molecule has 0 saturated carbocycles. The fourth-order valence-corrected chi connectivity index (χ4v) is 2.50. The summed E-state index contributed by atoms with van der Waals surface area (Å²) in [7, 11) is 1.81. The van der Waals surface area contributed by atoms with Crippen LogP contribution in [0.1, 0.15) is 23.0 Å². The van der Waals surface area contributed by atoms with Crippen molar-refractivity contribution in [3.63, 3.8) is 0 Å². The lowest BCUT2D eigenvalue weighted by atomic mass is 9.99. The molecule has 18 heavy (non-hydrogen) atoms. The Hall–Kier alpha value is -1.59. The van der Waals surface area contributed by atoms with Crippen molar-refractivity contribution in [3.8, 4) is 0 Å². The molecular weight excluding hydrogens is 248 g/mol. The average molecular weight is 264 g/mol. The van der Waals surface area contributed by atoms with Crippen LogP contribution in [0.4, 0.5) is 0 Å². The number of amides is 1. The lowest BCUT2D eigenvalue weighted by Gasteiger charge is -2.22. The van der Waals surface area contributed by atoms with Crippen molar-refractivity contribution in [2.75, 3.05) is 6.54 Å². The molecule has 0 bridgehead atoms. The normalized spacial score (nSPS) is 14.2. The van der Waals surface area contributed by atoms with Crippen LogP contribution in [-0.2, 0) is 12.6 Å². The average Bonchev–Trinajstić information content (AvgIpc) is 2.96. The Morgan fingerprint density at radius 1 is 1.56 bits per heavy atom. The molecule has 0 saturated heterocycles. The van der Waals surface area contributed by atoms with Gasteiger partial charge in [0.25, 0.3) is 5.91 Å². The van der Waals surface area contributed by atoms with Gasteiger partial charge in [-0.3, -0.25) is 4.79 Å². The van der Waals surface area contributed by atoms with Gasteiger partial charge in [-0.2, -0.15) is 11.3 Å². The van der Waals surface area contributed by atoms with E-state index in [0.29, 0.717) is 5.69 Å². The zero-order valence-electron chi connectivity index (χ0n) is 10.4. The van der Waals surface area contributed by atoms with Crippen molar-refractivity contribution in [2.24, 2.45) is 7.05 Å². The number of carbonyl (C=O) groups excluding carboxylic acids is 1. The molecule has 96 valence electrons. The molecule has 0 spiro atoms. The monoisotopic (exact) mass is 264 g/mol. The van der Waals surface area contributed by atoms with E-state index in [4.69, 9.17) is 0 Å². The summed E-state index contributed by atoms with van der Waals surface area (Å²) >= 11 is 1.52. The summed E-state index contributed by atoms with van der Waals surface area (Å²) in [4.78, 5) is 11.9. The standard InChI is InChI=1S/C13H16N2O2S/c1-13(17,10-5-7-18-8-10)9-14-12(16)11-4-3-6-15(11)2/h3-8,17H,9H2,1-2H3,(H,14,16). The van der Waals surface area contributed by atoms with Gasteiger partial charge in [0.2, 0.25) is 0 Å². The Bertz CT molecular complexity index is 529. The van der Waals surface area contributed by atoms with Gasteiger partial charge in [0.15, 0.2) is 0 Å².